The number of hydrogen-bond donors (Lipinski definition) is 1. The largest absolute Gasteiger partial charge is 0.481 e. The quantitative estimate of drug-likeness (QED) is 0.833. The fraction of sp³-hybridized carbons (Fsp3) is 0.938. The van der Waals surface area contributed by atoms with Crippen molar-refractivity contribution in [3.63, 3.8) is 0 Å². The standard InChI is InChI=1S/C16H29NO2/c1-16(2,3)13-4-6-14(7-5-13)17-10-8-12(9-11-17)15(18)19/h12-14H,4-11H2,1-3H3,(H,18,19). The Bertz CT molecular complexity index is 305. The van der Waals surface area contributed by atoms with E-state index in [4.69, 9.17) is 5.11 Å². The van der Waals surface area contributed by atoms with E-state index in [-0.39, 0.29) is 5.92 Å². The van der Waals surface area contributed by atoms with Gasteiger partial charge in [0, 0.05) is 6.04 Å². The highest BCUT2D eigenvalue weighted by Gasteiger charge is 2.34. The molecule has 0 aromatic rings. The first-order valence-corrected chi connectivity index (χ1v) is 7.85. The average molecular weight is 267 g/mol. The number of piperidine rings is 1. The van der Waals surface area contributed by atoms with Crippen molar-refractivity contribution in [3.05, 3.63) is 0 Å². The smallest absolute Gasteiger partial charge is 0.306 e. The van der Waals surface area contributed by atoms with Gasteiger partial charge in [0.05, 0.1) is 5.92 Å². The lowest BCUT2D eigenvalue weighted by atomic mass is 9.71. The molecule has 2 rings (SSSR count). The van der Waals surface area contributed by atoms with E-state index in [0.29, 0.717) is 11.5 Å². The summed E-state index contributed by atoms with van der Waals surface area (Å²) in [6, 6.07) is 0.716. The third kappa shape index (κ3) is 3.71. The van der Waals surface area contributed by atoms with Crippen LogP contribution in [-0.4, -0.2) is 35.1 Å². The van der Waals surface area contributed by atoms with E-state index in [1.807, 2.05) is 0 Å². The van der Waals surface area contributed by atoms with Gasteiger partial charge in [-0.1, -0.05) is 20.8 Å². The van der Waals surface area contributed by atoms with E-state index in [1.165, 1.54) is 25.7 Å². The van der Waals surface area contributed by atoms with Gasteiger partial charge in [-0.3, -0.25) is 4.79 Å². The maximum atomic E-state index is 11.0. The molecule has 0 amide bonds. The van der Waals surface area contributed by atoms with Crippen LogP contribution in [0.25, 0.3) is 0 Å². The van der Waals surface area contributed by atoms with Crippen LogP contribution in [0.15, 0.2) is 0 Å². The number of likely N-dealkylation sites (tertiary alicyclic amines) is 1. The van der Waals surface area contributed by atoms with Crippen molar-refractivity contribution in [2.45, 2.75) is 65.3 Å². The highest BCUT2D eigenvalue weighted by Crippen LogP contribution is 2.39. The van der Waals surface area contributed by atoms with E-state index in [0.717, 1.165) is 31.8 Å². The van der Waals surface area contributed by atoms with Crippen LogP contribution in [-0.2, 0) is 4.79 Å². The first kappa shape index (κ1) is 14.8. The van der Waals surface area contributed by atoms with Gasteiger partial charge < -0.3 is 10.0 Å². The van der Waals surface area contributed by atoms with Crippen molar-refractivity contribution in [1.82, 2.24) is 4.90 Å². The third-order valence-electron chi connectivity index (χ3n) is 5.32. The monoisotopic (exact) mass is 267 g/mol. The number of nitrogens with zero attached hydrogens (tertiary/aromatic N) is 1. The molecule has 0 radical (unpaired) electrons. The summed E-state index contributed by atoms with van der Waals surface area (Å²) in [4.78, 5) is 13.5. The Balaban J connectivity index is 1.78. The molecular formula is C16H29NO2. The van der Waals surface area contributed by atoms with Crippen molar-refractivity contribution in [2.24, 2.45) is 17.3 Å². The van der Waals surface area contributed by atoms with Crippen LogP contribution in [0.3, 0.4) is 0 Å². The summed E-state index contributed by atoms with van der Waals surface area (Å²) < 4.78 is 0. The second-order valence-electron chi connectivity index (χ2n) is 7.52. The molecule has 1 N–H and O–H groups in total. The van der Waals surface area contributed by atoms with Crippen molar-refractivity contribution in [3.8, 4) is 0 Å². The zero-order chi connectivity index (χ0) is 14.0. The van der Waals surface area contributed by atoms with E-state index < -0.39 is 5.97 Å². The molecule has 0 unspecified atom stereocenters. The van der Waals surface area contributed by atoms with Crippen LogP contribution >= 0.6 is 0 Å². The second-order valence-corrected chi connectivity index (χ2v) is 7.52. The Morgan fingerprint density at radius 3 is 1.95 bits per heavy atom. The molecule has 0 atom stereocenters. The van der Waals surface area contributed by atoms with Gasteiger partial charge in [0.2, 0.25) is 0 Å². The summed E-state index contributed by atoms with van der Waals surface area (Å²) in [6.07, 6.45) is 6.97. The Labute approximate surface area is 117 Å². The summed E-state index contributed by atoms with van der Waals surface area (Å²) in [5.74, 6) is 0.165. The summed E-state index contributed by atoms with van der Waals surface area (Å²) in [7, 11) is 0. The Kier molecular flexibility index (Phi) is 4.54. The molecule has 1 aliphatic carbocycles. The van der Waals surface area contributed by atoms with E-state index in [2.05, 4.69) is 25.7 Å². The molecule has 0 spiro atoms. The van der Waals surface area contributed by atoms with Crippen molar-refractivity contribution in [1.29, 1.82) is 0 Å². The predicted molar refractivity (Wildman–Crippen MR) is 77.1 cm³/mol. The van der Waals surface area contributed by atoms with Gasteiger partial charge in [-0.2, -0.15) is 0 Å². The minimum atomic E-state index is -0.601. The van der Waals surface area contributed by atoms with Crippen molar-refractivity contribution in [2.75, 3.05) is 13.1 Å². The zero-order valence-electron chi connectivity index (χ0n) is 12.7. The average Bonchev–Trinajstić information content (AvgIpc) is 2.38. The van der Waals surface area contributed by atoms with E-state index in [1.54, 1.807) is 0 Å². The van der Waals surface area contributed by atoms with Gasteiger partial charge in [0.25, 0.3) is 0 Å². The summed E-state index contributed by atoms with van der Waals surface area (Å²) in [6.45, 7) is 9.05. The molecule has 2 aliphatic rings. The topological polar surface area (TPSA) is 40.5 Å². The van der Waals surface area contributed by atoms with Gasteiger partial charge in [-0.25, -0.2) is 0 Å². The number of rotatable bonds is 2. The fourth-order valence-electron chi connectivity index (χ4n) is 3.82. The normalized spacial score (nSPS) is 31.3. The van der Waals surface area contributed by atoms with Crippen LogP contribution in [0.5, 0.6) is 0 Å². The number of hydrogen-bond acceptors (Lipinski definition) is 2. The Hall–Kier alpha value is -0.570. The number of carbonyl (C=O) groups is 1. The Morgan fingerprint density at radius 1 is 1.00 bits per heavy atom. The van der Waals surface area contributed by atoms with Gasteiger partial charge in [-0.05, 0) is 62.9 Å². The van der Waals surface area contributed by atoms with E-state index >= 15 is 0 Å². The van der Waals surface area contributed by atoms with Gasteiger partial charge in [0.15, 0.2) is 0 Å². The molecule has 0 aromatic heterocycles. The zero-order valence-corrected chi connectivity index (χ0v) is 12.7. The van der Waals surface area contributed by atoms with E-state index in [9.17, 15) is 4.79 Å². The summed E-state index contributed by atoms with van der Waals surface area (Å²) in [5, 5.41) is 9.04. The van der Waals surface area contributed by atoms with Crippen LogP contribution in [0.1, 0.15) is 59.3 Å². The second kappa shape index (κ2) is 5.82. The lowest BCUT2D eigenvalue weighted by Gasteiger charge is -2.43. The highest BCUT2D eigenvalue weighted by atomic mass is 16.4. The van der Waals surface area contributed by atoms with Gasteiger partial charge in [0.1, 0.15) is 0 Å². The predicted octanol–water partition coefficient (Wildman–Crippen LogP) is 3.39. The molecule has 3 nitrogen and oxygen atoms in total. The summed E-state index contributed by atoms with van der Waals surface area (Å²) in [5.41, 5.74) is 0.446. The van der Waals surface area contributed by atoms with Crippen molar-refractivity contribution < 1.29 is 9.90 Å². The van der Waals surface area contributed by atoms with Crippen LogP contribution in [0, 0.1) is 17.3 Å². The number of aliphatic carboxylic acids is 1. The van der Waals surface area contributed by atoms with Crippen molar-refractivity contribution >= 4 is 5.97 Å². The molecule has 19 heavy (non-hydrogen) atoms. The molecule has 1 saturated carbocycles. The molecule has 1 saturated heterocycles. The molecular weight excluding hydrogens is 238 g/mol. The van der Waals surface area contributed by atoms with Crippen LogP contribution in [0.4, 0.5) is 0 Å². The Morgan fingerprint density at radius 2 is 1.53 bits per heavy atom. The fourth-order valence-corrected chi connectivity index (χ4v) is 3.82. The van der Waals surface area contributed by atoms with Gasteiger partial charge in [-0.15, -0.1) is 0 Å². The lowest BCUT2D eigenvalue weighted by molar-refractivity contribution is -0.143. The first-order valence-electron chi connectivity index (χ1n) is 7.85. The molecule has 1 heterocycles. The number of carboxylic acid groups (broad SMARTS) is 1. The molecule has 0 bridgehead atoms. The highest BCUT2D eigenvalue weighted by molar-refractivity contribution is 5.70. The van der Waals surface area contributed by atoms with Crippen LogP contribution in [0.2, 0.25) is 0 Å². The molecule has 3 heteroatoms. The third-order valence-corrected chi connectivity index (χ3v) is 5.32. The van der Waals surface area contributed by atoms with Crippen LogP contribution < -0.4 is 0 Å². The number of carboxylic acids is 1. The maximum absolute atomic E-state index is 11.0. The molecule has 0 aromatic carbocycles. The lowest BCUT2D eigenvalue weighted by Crippen LogP contribution is -2.45. The molecule has 1 aliphatic heterocycles. The maximum Gasteiger partial charge on any atom is 0.306 e. The molecule has 2 fully saturated rings. The minimum Gasteiger partial charge on any atom is -0.481 e. The molecule has 110 valence electrons. The first-order chi connectivity index (χ1) is 8.88. The van der Waals surface area contributed by atoms with Gasteiger partial charge >= 0.3 is 5.97 Å². The SMILES string of the molecule is CC(C)(C)C1CCC(N2CCC(C(=O)O)CC2)CC1. The minimum absolute atomic E-state index is 0.0952. The summed E-state index contributed by atoms with van der Waals surface area (Å²) >= 11 is 0.